The number of carbonyl (C=O) groups is 3. The molecule has 2 aromatic heterocycles. The van der Waals surface area contributed by atoms with E-state index in [1.165, 1.54) is 4.68 Å². The Morgan fingerprint density at radius 2 is 1.92 bits per heavy atom. The number of nitrogens with zero attached hydrogens (tertiary/aromatic N) is 4. The molecule has 0 unspecified atom stereocenters. The van der Waals surface area contributed by atoms with E-state index in [1.807, 2.05) is 19.9 Å². The first-order valence-corrected chi connectivity index (χ1v) is 11.8. The molecule has 1 aromatic carbocycles. The number of nitrogens with one attached hydrogen (secondary N) is 1. The second-order valence-electron chi connectivity index (χ2n) is 8.65. The molecule has 10 nitrogen and oxygen atoms in total. The summed E-state index contributed by atoms with van der Waals surface area (Å²) in [6, 6.07) is 9.82. The minimum Gasteiger partial charge on any atom is -0.364 e. The normalized spacial score (nSPS) is 15.4. The second kappa shape index (κ2) is 10.4. The maximum Gasteiger partial charge on any atom is 0.269 e. The number of amides is 3. The molecule has 4 rings (SSSR count). The molecule has 10 heteroatoms. The van der Waals surface area contributed by atoms with Crippen LogP contribution >= 0.6 is 0 Å². The molecule has 3 amide bonds. The van der Waals surface area contributed by atoms with Crippen LogP contribution in [0.4, 0.5) is 5.82 Å². The van der Waals surface area contributed by atoms with Crippen LogP contribution in [-0.4, -0.2) is 43.8 Å². The van der Waals surface area contributed by atoms with Gasteiger partial charge in [0.15, 0.2) is 11.5 Å². The van der Waals surface area contributed by atoms with Gasteiger partial charge in [-0.25, -0.2) is 14.6 Å². The first-order chi connectivity index (χ1) is 17.3. The van der Waals surface area contributed by atoms with Crippen molar-refractivity contribution >= 4 is 23.5 Å². The number of aromatic nitrogens is 3. The number of rotatable bonds is 7. The Hall–Kier alpha value is -4.47. The van der Waals surface area contributed by atoms with E-state index in [1.54, 1.807) is 53.6 Å². The van der Waals surface area contributed by atoms with E-state index in [0.717, 1.165) is 18.4 Å². The third-order valence-corrected chi connectivity index (χ3v) is 6.08. The Balaban J connectivity index is 1.62. The highest BCUT2D eigenvalue weighted by Crippen LogP contribution is 2.34. The fraction of sp³-hybridized carbons (Fsp3) is 0.269. The minimum absolute atomic E-state index is 0.0365. The van der Waals surface area contributed by atoms with Crippen molar-refractivity contribution in [2.24, 2.45) is 5.73 Å². The smallest absolute Gasteiger partial charge is 0.269 e. The topological polar surface area (TPSA) is 149 Å². The molecule has 0 spiro atoms. The van der Waals surface area contributed by atoms with Gasteiger partial charge in [-0.1, -0.05) is 31.2 Å². The highest BCUT2D eigenvalue weighted by molar-refractivity contribution is 6.04. The summed E-state index contributed by atoms with van der Waals surface area (Å²) in [7, 11) is 0. The van der Waals surface area contributed by atoms with Gasteiger partial charge < -0.3 is 21.8 Å². The van der Waals surface area contributed by atoms with Gasteiger partial charge in [0.05, 0.1) is 6.04 Å². The maximum absolute atomic E-state index is 12.7. The van der Waals surface area contributed by atoms with E-state index < -0.39 is 5.91 Å². The Bertz CT molecular complexity index is 1310. The SMILES string of the molecule is CC/C=C/C(=O)N1CCC[C@H]1c1nc(-c2ccc(C(=O)Nc3ccc(C)cn3)cc2)c(C(N)=O)n1N. The number of pyridine rings is 1. The summed E-state index contributed by atoms with van der Waals surface area (Å²) in [5, 5.41) is 2.75. The lowest BCUT2D eigenvalue weighted by Gasteiger charge is -2.23. The molecule has 0 saturated carbocycles. The van der Waals surface area contributed by atoms with Gasteiger partial charge in [0.25, 0.3) is 11.8 Å². The number of allylic oxidation sites excluding steroid dienone is 1. The average molecular weight is 488 g/mol. The van der Waals surface area contributed by atoms with Gasteiger partial charge in [-0.2, -0.15) is 0 Å². The summed E-state index contributed by atoms with van der Waals surface area (Å²) in [4.78, 5) is 48.2. The number of nitrogens with two attached hydrogens (primary N) is 2. The van der Waals surface area contributed by atoms with E-state index in [4.69, 9.17) is 11.6 Å². The number of aryl methyl sites for hydroxylation is 1. The van der Waals surface area contributed by atoms with E-state index in [0.29, 0.717) is 41.4 Å². The second-order valence-corrected chi connectivity index (χ2v) is 8.65. The van der Waals surface area contributed by atoms with Gasteiger partial charge in [-0.3, -0.25) is 14.4 Å². The molecule has 5 N–H and O–H groups in total. The van der Waals surface area contributed by atoms with Crippen LogP contribution < -0.4 is 16.9 Å². The van der Waals surface area contributed by atoms with Gasteiger partial charge in [-0.05, 0) is 56.0 Å². The number of nitrogen functional groups attached to an aromatic ring is 1. The van der Waals surface area contributed by atoms with Crippen LogP contribution in [0.2, 0.25) is 0 Å². The van der Waals surface area contributed by atoms with Crippen molar-refractivity contribution in [1.29, 1.82) is 0 Å². The first kappa shape index (κ1) is 24.6. The van der Waals surface area contributed by atoms with Crippen LogP contribution in [0.1, 0.15) is 64.5 Å². The number of likely N-dealkylation sites (tertiary alicyclic amines) is 1. The first-order valence-electron chi connectivity index (χ1n) is 11.8. The van der Waals surface area contributed by atoms with Crippen LogP contribution in [0.15, 0.2) is 54.7 Å². The highest BCUT2D eigenvalue weighted by atomic mass is 16.2. The molecule has 0 bridgehead atoms. The summed E-state index contributed by atoms with van der Waals surface area (Å²) in [5.74, 6) is 5.94. The number of hydrogen-bond donors (Lipinski definition) is 3. The fourth-order valence-corrected chi connectivity index (χ4v) is 4.24. The van der Waals surface area contributed by atoms with Gasteiger partial charge in [-0.15, -0.1) is 0 Å². The molecule has 0 radical (unpaired) electrons. The van der Waals surface area contributed by atoms with E-state index in [9.17, 15) is 14.4 Å². The number of imidazole rings is 1. The number of hydrogen-bond acceptors (Lipinski definition) is 6. The van der Waals surface area contributed by atoms with Gasteiger partial charge >= 0.3 is 0 Å². The molecule has 0 aliphatic carbocycles. The summed E-state index contributed by atoms with van der Waals surface area (Å²) >= 11 is 0. The zero-order chi connectivity index (χ0) is 25.8. The van der Waals surface area contributed by atoms with Gasteiger partial charge in [0.2, 0.25) is 5.91 Å². The van der Waals surface area contributed by atoms with Crippen molar-refractivity contribution in [2.45, 2.75) is 39.2 Å². The third kappa shape index (κ3) is 4.97. The summed E-state index contributed by atoms with van der Waals surface area (Å²) < 4.78 is 1.18. The van der Waals surface area contributed by atoms with Crippen molar-refractivity contribution in [3.63, 3.8) is 0 Å². The summed E-state index contributed by atoms with van der Waals surface area (Å²) in [5.41, 5.74) is 7.96. The molecular weight excluding hydrogens is 458 g/mol. The molecule has 1 atom stereocenters. The van der Waals surface area contributed by atoms with Crippen LogP contribution in [0.25, 0.3) is 11.3 Å². The van der Waals surface area contributed by atoms with Crippen LogP contribution in [0, 0.1) is 6.92 Å². The number of primary amides is 1. The Kier molecular flexibility index (Phi) is 7.14. The molecular formula is C26H29N7O3. The summed E-state index contributed by atoms with van der Waals surface area (Å²) in [6.45, 7) is 4.44. The van der Waals surface area contributed by atoms with E-state index in [2.05, 4.69) is 15.3 Å². The molecule has 1 fully saturated rings. The molecule has 36 heavy (non-hydrogen) atoms. The largest absolute Gasteiger partial charge is 0.364 e. The Morgan fingerprint density at radius 1 is 1.17 bits per heavy atom. The van der Waals surface area contributed by atoms with Gasteiger partial charge in [0.1, 0.15) is 11.5 Å². The fourth-order valence-electron chi connectivity index (χ4n) is 4.24. The number of benzene rings is 1. The lowest BCUT2D eigenvalue weighted by Crippen LogP contribution is -2.33. The van der Waals surface area contributed by atoms with Crippen molar-refractivity contribution in [2.75, 3.05) is 17.7 Å². The number of anilines is 1. The minimum atomic E-state index is -0.736. The molecule has 1 aliphatic heterocycles. The van der Waals surface area contributed by atoms with Crippen LogP contribution in [0.3, 0.4) is 0 Å². The quantitative estimate of drug-likeness (QED) is 0.344. The monoisotopic (exact) mass is 487 g/mol. The lowest BCUT2D eigenvalue weighted by molar-refractivity contribution is -0.127. The van der Waals surface area contributed by atoms with E-state index >= 15 is 0 Å². The van der Waals surface area contributed by atoms with Crippen molar-refractivity contribution < 1.29 is 14.4 Å². The van der Waals surface area contributed by atoms with E-state index in [-0.39, 0.29) is 23.6 Å². The molecule has 186 valence electrons. The average Bonchev–Trinajstić information content (AvgIpc) is 3.48. The maximum atomic E-state index is 12.7. The Labute approximate surface area is 209 Å². The zero-order valence-electron chi connectivity index (χ0n) is 20.3. The van der Waals surface area contributed by atoms with Crippen molar-refractivity contribution in [3.8, 4) is 11.3 Å². The van der Waals surface area contributed by atoms with Crippen LogP contribution in [-0.2, 0) is 4.79 Å². The zero-order valence-corrected chi connectivity index (χ0v) is 20.3. The molecule has 1 aliphatic rings. The van der Waals surface area contributed by atoms with Gasteiger partial charge in [0, 0.05) is 23.9 Å². The predicted octanol–water partition coefficient (Wildman–Crippen LogP) is 2.95. The van der Waals surface area contributed by atoms with Crippen LogP contribution in [0.5, 0.6) is 0 Å². The molecule has 1 saturated heterocycles. The van der Waals surface area contributed by atoms with Crippen molar-refractivity contribution in [1.82, 2.24) is 19.5 Å². The highest BCUT2D eigenvalue weighted by Gasteiger charge is 2.34. The Morgan fingerprint density at radius 3 is 2.56 bits per heavy atom. The summed E-state index contributed by atoms with van der Waals surface area (Å²) in [6.07, 6.45) is 7.24. The standard InChI is InChI=1S/C26H29N7O3/c1-3-4-7-21(34)32-14-5-6-19(32)25-31-22(23(24(27)35)33(25)28)17-9-11-18(12-10-17)26(36)30-20-13-8-16(2)15-29-20/h4,7-13,15,19H,3,5-6,14,28H2,1-2H3,(H2,27,35)(H,29,30,36)/b7-4+/t19-/m0/s1. The molecule has 3 heterocycles. The molecule has 3 aromatic rings. The predicted molar refractivity (Wildman–Crippen MR) is 136 cm³/mol. The third-order valence-electron chi connectivity index (χ3n) is 6.08. The van der Waals surface area contributed by atoms with Crippen molar-refractivity contribution in [3.05, 3.63) is 77.4 Å². The lowest BCUT2D eigenvalue weighted by atomic mass is 10.1. The number of carbonyl (C=O) groups excluding carboxylic acids is 3.